The average Bonchev–Trinajstić information content (AvgIpc) is 1.03. The van der Waals surface area contributed by atoms with E-state index in [2.05, 4.69) is 41.5 Å². The van der Waals surface area contributed by atoms with E-state index in [1.807, 2.05) is 0 Å². The lowest BCUT2D eigenvalue weighted by Crippen LogP contribution is -2.30. The van der Waals surface area contributed by atoms with E-state index in [4.69, 9.17) is 37.0 Å². The van der Waals surface area contributed by atoms with E-state index in [1.165, 1.54) is 231 Å². The number of hydrogen-bond acceptors (Lipinski definition) is 15. The molecule has 19 heteroatoms. The molecule has 0 saturated carbocycles. The SMILES string of the molecule is CCCCCCCCCCCCCCCCCC(=O)OC[C@H](COP(=O)(O)OC[C@@H](O)COP(=O)(O)OC[C@@H](COC(=O)CCCCCCCCCC)OC(=O)CCCCCCCCCCCCC(C)CC)OC(=O)CCCCCCCCCCCCCCCCCCCCC(C)CC. The van der Waals surface area contributed by atoms with E-state index in [1.54, 1.807) is 0 Å². The van der Waals surface area contributed by atoms with E-state index < -0.39 is 97.5 Å². The van der Waals surface area contributed by atoms with Crippen molar-refractivity contribution in [1.82, 2.24) is 0 Å². The fourth-order valence-corrected chi connectivity index (χ4v) is 13.9. The van der Waals surface area contributed by atoms with Crippen molar-refractivity contribution in [3.8, 4) is 0 Å². The summed E-state index contributed by atoms with van der Waals surface area (Å²) in [6.45, 7) is 9.69. The highest BCUT2D eigenvalue weighted by Crippen LogP contribution is 2.45. The standard InChI is InChI=1S/C80H156O17P2/c1-7-11-13-15-17-19-20-21-26-30-33-39-45-51-57-63-78(83)91-69-76(97-79(84)64-58-52-46-40-34-31-28-25-23-22-24-27-29-32-37-42-48-54-60-72(5)9-3)71-95-99(88,89)93-67-74(81)66-92-98(86,87)94-70-75(68-90-77(82)62-56-50-44-18-16-14-12-8-2)96-80(85)65-59-53-47-41-36-35-38-43-49-55-61-73(6)10-4/h72-76,81H,7-71H2,1-6H3,(H,86,87)(H,88,89)/t72?,73?,74-,75+,76+/m0/s1. The van der Waals surface area contributed by atoms with Gasteiger partial charge < -0.3 is 33.8 Å². The smallest absolute Gasteiger partial charge is 0.462 e. The Bertz CT molecular complexity index is 1910. The molecule has 0 fully saturated rings. The minimum atomic E-state index is -4.96. The molecule has 0 aromatic carbocycles. The van der Waals surface area contributed by atoms with Crippen LogP contribution in [0, 0.1) is 11.8 Å². The minimum absolute atomic E-state index is 0.106. The van der Waals surface area contributed by atoms with Gasteiger partial charge in [-0.05, 0) is 37.5 Å². The van der Waals surface area contributed by atoms with Crippen LogP contribution in [-0.4, -0.2) is 96.7 Å². The summed E-state index contributed by atoms with van der Waals surface area (Å²) < 4.78 is 68.6. The van der Waals surface area contributed by atoms with Crippen molar-refractivity contribution >= 4 is 39.5 Å². The molecule has 3 N–H and O–H groups in total. The normalized spacial score (nSPS) is 14.5. The number of aliphatic hydroxyl groups excluding tert-OH is 1. The fraction of sp³-hybridized carbons (Fsp3) is 0.950. The molecule has 0 aromatic rings. The summed E-state index contributed by atoms with van der Waals surface area (Å²) in [7, 11) is -9.91. The van der Waals surface area contributed by atoms with Crippen molar-refractivity contribution < 1.29 is 80.2 Å². The molecule has 0 amide bonds. The van der Waals surface area contributed by atoms with Gasteiger partial charge in [0.25, 0.3) is 0 Å². The number of rotatable bonds is 79. The van der Waals surface area contributed by atoms with Crippen LogP contribution in [0.1, 0.15) is 420 Å². The number of unbranched alkanes of at least 4 members (excludes halogenated alkanes) is 47. The molecule has 0 aromatic heterocycles. The first-order valence-electron chi connectivity index (χ1n) is 41.6. The van der Waals surface area contributed by atoms with Gasteiger partial charge in [0.05, 0.1) is 26.4 Å². The van der Waals surface area contributed by atoms with Crippen LogP contribution in [0.2, 0.25) is 0 Å². The van der Waals surface area contributed by atoms with Crippen LogP contribution in [0.3, 0.4) is 0 Å². The van der Waals surface area contributed by atoms with Crippen molar-refractivity contribution in [3.05, 3.63) is 0 Å². The van der Waals surface area contributed by atoms with Crippen LogP contribution < -0.4 is 0 Å². The molecule has 588 valence electrons. The molecule has 0 saturated heterocycles. The van der Waals surface area contributed by atoms with Crippen molar-refractivity contribution in [2.75, 3.05) is 39.6 Å². The Balaban J connectivity index is 5.18. The molecule has 0 bridgehead atoms. The third-order valence-corrected chi connectivity index (χ3v) is 21.3. The molecular weight excluding hydrogens is 1290 g/mol. The Labute approximate surface area is 607 Å². The second-order valence-corrected chi connectivity index (χ2v) is 32.2. The highest BCUT2D eigenvalue weighted by atomic mass is 31.2. The molecule has 4 unspecified atom stereocenters. The average molecular weight is 1450 g/mol. The maximum absolute atomic E-state index is 13.1. The van der Waals surface area contributed by atoms with E-state index in [-0.39, 0.29) is 25.7 Å². The third kappa shape index (κ3) is 71.5. The van der Waals surface area contributed by atoms with Crippen LogP contribution in [0.5, 0.6) is 0 Å². The summed E-state index contributed by atoms with van der Waals surface area (Å²) in [5.41, 5.74) is 0. The first-order valence-corrected chi connectivity index (χ1v) is 44.6. The predicted octanol–water partition coefficient (Wildman–Crippen LogP) is 23.9. The van der Waals surface area contributed by atoms with Crippen LogP contribution >= 0.6 is 15.6 Å². The van der Waals surface area contributed by atoms with Gasteiger partial charge in [-0.1, -0.05) is 369 Å². The zero-order valence-electron chi connectivity index (χ0n) is 64.8. The minimum Gasteiger partial charge on any atom is -0.462 e. The van der Waals surface area contributed by atoms with Crippen LogP contribution in [0.25, 0.3) is 0 Å². The van der Waals surface area contributed by atoms with Crippen molar-refractivity contribution in [2.24, 2.45) is 11.8 Å². The van der Waals surface area contributed by atoms with E-state index in [0.717, 1.165) is 108 Å². The Kier molecular flexibility index (Phi) is 70.3. The number of ether oxygens (including phenoxy) is 4. The quantitative estimate of drug-likeness (QED) is 0.0222. The highest BCUT2D eigenvalue weighted by molar-refractivity contribution is 7.47. The second kappa shape index (κ2) is 71.7. The number of hydrogen-bond donors (Lipinski definition) is 3. The Morgan fingerprint density at radius 3 is 0.717 bits per heavy atom. The zero-order valence-corrected chi connectivity index (χ0v) is 66.6. The van der Waals surface area contributed by atoms with E-state index >= 15 is 0 Å². The molecule has 0 aliphatic carbocycles. The summed E-state index contributed by atoms with van der Waals surface area (Å²) in [4.78, 5) is 72.9. The van der Waals surface area contributed by atoms with Gasteiger partial charge in [-0.25, -0.2) is 9.13 Å². The number of carbonyl (C=O) groups excluding carboxylic acids is 4. The molecule has 0 aliphatic rings. The molecule has 0 heterocycles. The number of phosphoric ester groups is 2. The van der Waals surface area contributed by atoms with E-state index in [0.29, 0.717) is 25.7 Å². The van der Waals surface area contributed by atoms with Gasteiger partial charge in [-0.2, -0.15) is 0 Å². The van der Waals surface area contributed by atoms with E-state index in [9.17, 15) is 43.2 Å². The maximum atomic E-state index is 13.1. The monoisotopic (exact) mass is 1450 g/mol. The topological polar surface area (TPSA) is 237 Å². The summed E-state index contributed by atoms with van der Waals surface area (Å²) in [5.74, 6) is -0.438. The summed E-state index contributed by atoms with van der Waals surface area (Å²) in [5, 5.41) is 10.6. The van der Waals surface area contributed by atoms with Crippen LogP contribution in [-0.2, 0) is 65.4 Å². The Hall–Kier alpha value is -1.94. The zero-order chi connectivity index (χ0) is 72.8. The lowest BCUT2D eigenvalue weighted by molar-refractivity contribution is -0.161. The van der Waals surface area contributed by atoms with Crippen molar-refractivity contribution in [3.63, 3.8) is 0 Å². The summed E-state index contributed by atoms with van der Waals surface area (Å²) >= 11 is 0. The summed E-state index contributed by atoms with van der Waals surface area (Å²) in [6, 6.07) is 0. The van der Waals surface area contributed by atoms with Gasteiger partial charge in [0.2, 0.25) is 0 Å². The molecule has 17 nitrogen and oxygen atoms in total. The molecule has 99 heavy (non-hydrogen) atoms. The van der Waals surface area contributed by atoms with Gasteiger partial charge in [0, 0.05) is 25.7 Å². The molecular formula is C80H156O17P2. The number of phosphoric acid groups is 2. The third-order valence-electron chi connectivity index (χ3n) is 19.4. The van der Waals surface area contributed by atoms with Gasteiger partial charge in [0.15, 0.2) is 12.2 Å². The second-order valence-electron chi connectivity index (χ2n) is 29.3. The maximum Gasteiger partial charge on any atom is 0.472 e. The first-order chi connectivity index (χ1) is 47.9. The van der Waals surface area contributed by atoms with Crippen molar-refractivity contribution in [1.29, 1.82) is 0 Å². The highest BCUT2D eigenvalue weighted by Gasteiger charge is 2.30. The van der Waals surface area contributed by atoms with Gasteiger partial charge in [0.1, 0.15) is 19.3 Å². The number of carbonyl (C=O) groups is 4. The number of aliphatic hydroxyl groups is 1. The lowest BCUT2D eigenvalue weighted by Gasteiger charge is -2.21. The van der Waals surface area contributed by atoms with Gasteiger partial charge >= 0.3 is 39.5 Å². The van der Waals surface area contributed by atoms with Crippen molar-refractivity contribution in [2.45, 2.75) is 439 Å². The number of esters is 4. The fourth-order valence-electron chi connectivity index (χ4n) is 12.3. The Morgan fingerprint density at radius 1 is 0.283 bits per heavy atom. The van der Waals surface area contributed by atoms with Crippen LogP contribution in [0.15, 0.2) is 0 Å². The van der Waals surface area contributed by atoms with Crippen LogP contribution in [0.4, 0.5) is 0 Å². The summed E-state index contributed by atoms with van der Waals surface area (Å²) in [6.07, 6.45) is 61.0. The lowest BCUT2D eigenvalue weighted by atomic mass is 9.99. The first kappa shape index (κ1) is 97.1. The molecule has 7 atom stereocenters. The molecule has 0 aliphatic heterocycles. The van der Waals surface area contributed by atoms with Gasteiger partial charge in [-0.3, -0.25) is 37.3 Å². The molecule has 0 rings (SSSR count). The molecule has 0 spiro atoms. The van der Waals surface area contributed by atoms with Gasteiger partial charge in [-0.15, -0.1) is 0 Å². The Morgan fingerprint density at radius 2 is 0.485 bits per heavy atom. The predicted molar refractivity (Wildman–Crippen MR) is 405 cm³/mol. The molecule has 0 radical (unpaired) electrons. The largest absolute Gasteiger partial charge is 0.472 e.